The molecular weight excluding hydrogens is 615 g/mol. The smallest absolute Gasteiger partial charge is 0.435 e. The first-order valence-electron chi connectivity index (χ1n) is 12.4. The predicted molar refractivity (Wildman–Crippen MR) is 139 cm³/mol. The van der Waals surface area contributed by atoms with Crippen molar-refractivity contribution in [1.82, 2.24) is 0 Å². The number of hydrogen-bond donors (Lipinski definition) is 2. The highest BCUT2D eigenvalue weighted by Gasteiger charge is 2.73. The zero-order valence-corrected chi connectivity index (χ0v) is 22.9. The summed E-state index contributed by atoms with van der Waals surface area (Å²) in [6.45, 7) is -0.528. The van der Waals surface area contributed by atoms with Crippen LogP contribution in [0, 0.1) is 6.92 Å². The maximum absolute atomic E-state index is 14.6. The van der Waals surface area contributed by atoms with E-state index in [1.165, 1.54) is 17.0 Å². The van der Waals surface area contributed by atoms with E-state index >= 15 is 0 Å². The Kier molecular flexibility index (Phi) is 9.65. The fourth-order valence-electron chi connectivity index (χ4n) is 4.30. The number of anilines is 2. The molecule has 0 spiro atoms. The van der Waals surface area contributed by atoms with E-state index in [1.54, 1.807) is 38.1 Å². The van der Waals surface area contributed by atoms with Crippen molar-refractivity contribution in [2.45, 2.75) is 38.5 Å². The van der Waals surface area contributed by atoms with Gasteiger partial charge in [0.05, 0.1) is 18.4 Å². The van der Waals surface area contributed by atoms with Gasteiger partial charge in [-0.25, -0.2) is 4.39 Å². The van der Waals surface area contributed by atoms with E-state index in [2.05, 4.69) is 4.74 Å². The molecule has 0 unspecified atom stereocenters. The van der Waals surface area contributed by atoms with Gasteiger partial charge in [-0.2, -0.15) is 35.1 Å². The summed E-state index contributed by atoms with van der Waals surface area (Å²) < 4.78 is 130. The Morgan fingerprint density at radius 1 is 0.932 bits per heavy atom. The molecule has 0 fully saturated rings. The monoisotopic (exact) mass is 638 g/mol. The Labute approximate surface area is 243 Å². The van der Waals surface area contributed by atoms with Gasteiger partial charge in [0, 0.05) is 17.7 Å². The maximum Gasteiger partial charge on any atom is 0.435 e. The molecule has 3 rings (SSSR count). The molecule has 3 aromatic carbocycles. The van der Waals surface area contributed by atoms with Gasteiger partial charge in [-0.05, 0) is 49.7 Å². The molecule has 0 radical (unpaired) electrons. The minimum Gasteiger partial charge on any atom is -0.506 e. The van der Waals surface area contributed by atoms with Gasteiger partial charge in [0.2, 0.25) is 0 Å². The normalized spacial score (nSPS) is 12.2. The maximum atomic E-state index is 14.6. The van der Waals surface area contributed by atoms with Crippen LogP contribution in [0.1, 0.15) is 38.8 Å². The van der Waals surface area contributed by atoms with Crippen LogP contribution < -0.4 is 19.7 Å². The lowest BCUT2D eigenvalue weighted by molar-refractivity contribution is -0.348. The Morgan fingerprint density at radius 2 is 1.52 bits per heavy atom. The van der Waals surface area contributed by atoms with Gasteiger partial charge < -0.3 is 24.8 Å². The number of rotatable bonds is 9. The standard InChI is InChI=1S/C28H23F9N2O5/c1-4-39(24(42)16-9-6-5-8-14(16)2)18-11-7-10-17(22(18)43-3)23(41)38-21-19(40)12-15(13-20(21)44-25(29)30)26(31,27(32,33)34)28(35,36)37/h5-13,25,40H,4H2,1-3H3,(H,38,41). The summed E-state index contributed by atoms with van der Waals surface area (Å²) in [7, 11) is 1.12. The first kappa shape index (κ1) is 33.9. The fraction of sp³-hybridized carbons (Fsp3) is 0.286. The summed E-state index contributed by atoms with van der Waals surface area (Å²) in [5, 5.41) is 12.2. The van der Waals surface area contributed by atoms with Gasteiger partial charge >= 0.3 is 24.6 Å². The van der Waals surface area contributed by atoms with Crippen molar-refractivity contribution in [3.8, 4) is 17.2 Å². The van der Waals surface area contributed by atoms with Crippen LogP contribution in [-0.2, 0) is 5.67 Å². The second-order valence-corrected chi connectivity index (χ2v) is 9.08. The van der Waals surface area contributed by atoms with Crippen LogP contribution in [0.3, 0.4) is 0 Å². The quantitative estimate of drug-likeness (QED) is 0.187. The van der Waals surface area contributed by atoms with Crippen LogP contribution in [0.25, 0.3) is 0 Å². The van der Waals surface area contributed by atoms with Crippen molar-refractivity contribution < 1.29 is 63.7 Å². The highest BCUT2D eigenvalue weighted by Crippen LogP contribution is 2.55. The SMILES string of the molecule is CCN(C(=O)c1ccccc1C)c1cccc(C(=O)Nc2c(O)cc(C(F)(C(F)(F)F)C(F)(F)F)cc2OC(F)F)c1OC. The minimum absolute atomic E-state index is 0.0529. The number of amides is 2. The van der Waals surface area contributed by atoms with Crippen molar-refractivity contribution in [3.63, 3.8) is 0 Å². The number of benzene rings is 3. The third kappa shape index (κ3) is 6.33. The number of nitrogens with one attached hydrogen (secondary N) is 1. The number of phenolic OH excluding ortho intramolecular Hbond substituents is 1. The number of hydrogen-bond acceptors (Lipinski definition) is 5. The number of ether oxygens (including phenoxy) is 2. The van der Waals surface area contributed by atoms with Crippen LogP contribution in [0.4, 0.5) is 50.9 Å². The summed E-state index contributed by atoms with van der Waals surface area (Å²) in [4.78, 5) is 27.8. The van der Waals surface area contributed by atoms with E-state index in [0.717, 1.165) is 13.2 Å². The average molecular weight is 638 g/mol. The molecule has 238 valence electrons. The largest absolute Gasteiger partial charge is 0.506 e. The number of phenols is 1. The number of halogens is 9. The van der Waals surface area contributed by atoms with Crippen LogP contribution >= 0.6 is 0 Å². The van der Waals surface area contributed by atoms with Crippen molar-refractivity contribution in [2.75, 3.05) is 23.9 Å². The molecule has 44 heavy (non-hydrogen) atoms. The molecule has 0 bridgehead atoms. The van der Waals surface area contributed by atoms with Crippen molar-refractivity contribution >= 4 is 23.2 Å². The van der Waals surface area contributed by atoms with Crippen molar-refractivity contribution in [1.29, 1.82) is 0 Å². The first-order valence-corrected chi connectivity index (χ1v) is 12.4. The van der Waals surface area contributed by atoms with Gasteiger partial charge in [0.1, 0.15) is 11.4 Å². The lowest BCUT2D eigenvalue weighted by Crippen LogP contribution is -2.50. The number of alkyl halides is 9. The molecule has 2 N–H and O–H groups in total. The topological polar surface area (TPSA) is 88.1 Å². The van der Waals surface area contributed by atoms with E-state index in [9.17, 15) is 54.2 Å². The molecule has 16 heteroatoms. The third-order valence-electron chi connectivity index (χ3n) is 6.39. The Hall–Kier alpha value is -4.63. The number of nitrogens with zero attached hydrogens (tertiary/aromatic N) is 1. The van der Waals surface area contributed by atoms with Crippen molar-refractivity contribution in [3.05, 3.63) is 76.9 Å². The second kappa shape index (κ2) is 12.5. The molecule has 3 aromatic rings. The summed E-state index contributed by atoms with van der Waals surface area (Å²) in [6, 6.07) is 9.72. The zero-order valence-electron chi connectivity index (χ0n) is 22.9. The number of para-hydroxylation sites is 1. The number of carbonyl (C=O) groups excluding carboxylic acids is 2. The highest BCUT2D eigenvalue weighted by atomic mass is 19.4. The van der Waals surface area contributed by atoms with Crippen LogP contribution in [-0.4, -0.2) is 49.5 Å². The molecule has 0 aliphatic carbocycles. The minimum atomic E-state index is -6.64. The van der Waals surface area contributed by atoms with E-state index in [4.69, 9.17) is 4.74 Å². The Morgan fingerprint density at radius 3 is 2.05 bits per heavy atom. The summed E-state index contributed by atoms with van der Waals surface area (Å²) in [5.74, 6) is -5.31. The van der Waals surface area contributed by atoms with Gasteiger partial charge in [-0.15, -0.1) is 0 Å². The van der Waals surface area contributed by atoms with E-state index in [1.807, 2.05) is 5.32 Å². The fourth-order valence-corrected chi connectivity index (χ4v) is 4.30. The molecule has 2 amide bonds. The molecule has 0 heterocycles. The summed E-state index contributed by atoms with van der Waals surface area (Å²) >= 11 is 0. The van der Waals surface area contributed by atoms with E-state index < -0.39 is 64.8 Å². The number of carbonyl (C=O) groups is 2. The van der Waals surface area contributed by atoms with Gasteiger partial charge in [0.15, 0.2) is 11.5 Å². The third-order valence-corrected chi connectivity index (χ3v) is 6.39. The molecule has 7 nitrogen and oxygen atoms in total. The Bertz CT molecular complexity index is 1530. The number of methoxy groups -OCH3 is 1. The van der Waals surface area contributed by atoms with Crippen LogP contribution in [0.15, 0.2) is 54.6 Å². The molecule has 0 saturated heterocycles. The summed E-state index contributed by atoms with van der Waals surface area (Å²) in [5.41, 5.74) is -9.06. The number of aryl methyl sites for hydroxylation is 1. The first-order chi connectivity index (χ1) is 20.4. The molecule has 0 saturated carbocycles. The lowest BCUT2D eigenvalue weighted by atomic mass is 9.93. The average Bonchev–Trinajstić information content (AvgIpc) is 2.93. The molecular formula is C28H23F9N2O5. The van der Waals surface area contributed by atoms with Crippen LogP contribution in [0.5, 0.6) is 17.2 Å². The van der Waals surface area contributed by atoms with Gasteiger partial charge in [0.25, 0.3) is 11.8 Å². The molecule has 0 aliphatic heterocycles. The van der Waals surface area contributed by atoms with Crippen molar-refractivity contribution in [2.24, 2.45) is 0 Å². The lowest BCUT2D eigenvalue weighted by Gasteiger charge is -2.31. The van der Waals surface area contributed by atoms with Crippen LogP contribution in [0.2, 0.25) is 0 Å². The van der Waals surface area contributed by atoms with E-state index in [-0.39, 0.29) is 30.1 Å². The zero-order chi connectivity index (χ0) is 33.2. The molecule has 0 atom stereocenters. The predicted octanol–water partition coefficient (Wildman–Crippen LogP) is 7.52. The van der Waals surface area contributed by atoms with Gasteiger partial charge in [-0.1, -0.05) is 24.3 Å². The summed E-state index contributed by atoms with van der Waals surface area (Å²) in [6.07, 6.45) is -13.3. The second-order valence-electron chi connectivity index (χ2n) is 9.08. The number of aromatic hydroxyl groups is 1. The van der Waals surface area contributed by atoms with E-state index in [0.29, 0.717) is 11.1 Å². The highest BCUT2D eigenvalue weighted by molar-refractivity contribution is 6.12. The Balaban J connectivity index is 2.12. The van der Waals surface area contributed by atoms with Gasteiger partial charge in [-0.3, -0.25) is 9.59 Å². The molecule has 0 aromatic heterocycles. The molecule has 0 aliphatic rings.